The third-order valence-corrected chi connectivity index (χ3v) is 7.16. The fraction of sp³-hybridized carbons (Fsp3) is 0.241. The van der Waals surface area contributed by atoms with E-state index in [1.807, 2.05) is 13.8 Å². The van der Waals surface area contributed by atoms with Gasteiger partial charge in [-0.25, -0.2) is 23.3 Å². The number of rotatable bonds is 4. The van der Waals surface area contributed by atoms with Crippen molar-refractivity contribution in [1.82, 2.24) is 39.6 Å². The van der Waals surface area contributed by atoms with Crippen molar-refractivity contribution < 1.29 is 18.4 Å². The van der Waals surface area contributed by atoms with Gasteiger partial charge in [0.1, 0.15) is 23.2 Å². The number of hydrogen-bond donors (Lipinski definition) is 1. The molecule has 0 aliphatic carbocycles. The van der Waals surface area contributed by atoms with E-state index in [9.17, 15) is 18.4 Å². The minimum Gasteiger partial charge on any atom is -0.332 e. The van der Waals surface area contributed by atoms with E-state index in [2.05, 4.69) is 25.3 Å². The van der Waals surface area contributed by atoms with Gasteiger partial charge >= 0.3 is 0 Å². The number of halogens is 2. The molecule has 0 atom stereocenters. The molecule has 1 aliphatic rings. The van der Waals surface area contributed by atoms with E-state index in [4.69, 9.17) is 0 Å². The van der Waals surface area contributed by atoms with E-state index in [0.717, 1.165) is 0 Å². The summed E-state index contributed by atoms with van der Waals surface area (Å²) in [5.41, 5.74) is 2.39. The van der Waals surface area contributed by atoms with Gasteiger partial charge in [-0.2, -0.15) is 5.10 Å². The highest BCUT2D eigenvalue weighted by Crippen LogP contribution is 2.30. The molecule has 1 saturated heterocycles. The van der Waals surface area contributed by atoms with Gasteiger partial charge in [-0.05, 0) is 68.8 Å². The first-order valence-corrected chi connectivity index (χ1v) is 13.0. The van der Waals surface area contributed by atoms with E-state index < -0.39 is 5.54 Å². The summed E-state index contributed by atoms with van der Waals surface area (Å²) in [7, 11) is 0. The van der Waals surface area contributed by atoms with Crippen LogP contribution in [-0.2, 0) is 0 Å². The second-order valence-electron chi connectivity index (χ2n) is 10.6. The minimum atomic E-state index is -0.710. The molecule has 1 N–H and O–H groups in total. The number of imidazole rings is 1. The smallest absolute Gasteiger partial charge is 0.293 e. The number of H-pyrrole nitrogens is 1. The highest BCUT2D eigenvalue weighted by Gasteiger charge is 2.40. The van der Waals surface area contributed by atoms with Gasteiger partial charge in [-0.3, -0.25) is 14.7 Å². The Morgan fingerprint density at radius 1 is 0.902 bits per heavy atom. The molecular weight excluding hydrogens is 530 g/mol. The van der Waals surface area contributed by atoms with Crippen molar-refractivity contribution in [2.45, 2.75) is 26.3 Å². The molecule has 10 nitrogen and oxygen atoms in total. The summed E-state index contributed by atoms with van der Waals surface area (Å²) < 4.78 is 28.8. The van der Waals surface area contributed by atoms with E-state index in [1.165, 1.54) is 28.8 Å². The zero-order valence-corrected chi connectivity index (χ0v) is 22.6. The van der Waals surface area contributed by atoms with Crippen LogP contribution in [0, 0.1) is 18.6 Å². The Hall–Kier alpha value is -5.00. The van der Waals surface area contributed by atoms with E-state index >= 15 is 0 Å². The molecule has 41 heavy (non-hydrogen) atoms. The van der Waals surface area contributed by atoms with Crippen molar-refractivity contribution in [2.75, 3.05) is 19.6 Å². The Labute approximate surface area is 233 Å². The number of carbonyl (C=O) groups is 2. The van der Waals surface area contributed by atoms with E-state index in [-0.39, 0.29) is 48.1 Å². The lowest BCUT2D eigenvalue weighted by Gasteiger charge is -2.46. The maximum atomic E-state index is 13.8. The molecule has 5 aromatic rings. The molecule has 0 spiro atoms. The fourth-order valence-electron chi connectivity index (χ4n) is 5.11. The number of aromatic nitrogens is 6. The molecule has 1 aliphatic heterocycles. The van der Waals surface area contributed by atoms with Gasteiger partial charge in [-0.1, -0.05) is 12.1 Å². The summed E-state index contributed by atoms with van der Waals surface area (Å²) in [6.07, 6.45) is 1.56. The summed E-state index contributed by atoms with van der Waals surface area (Å²) in [5, 5.41) is 11.3. The number of nitrogens with zero attached hydrogens (tertiary/aromatic N) is 7. The van der Waals surface area contributed by atoms with Crippen molar-refractivity contribution in [3.63, 3.8) is 0 Å². The zero-order chi connectivity index (χ0) is 28.9. The van der Waals surface area contributed by atoms with Crippen LogP contribution in [0.5, 0.6) is 0 Å². The molecule has 0 unspecified atom stereocenters. The van der Waals surface area contributed by atoms with Gasteiger partial charge in [0.25, 0.3) is 11.8 Å². The van der Waals surface area contributed by atoms with Crippen LogP contribution in [0.25, 0.3) is 28.0 Å². The van der Waals surface area contributed by atoms with Crippen molar-refractivity contribution in [1.29, 1.82) is 0 Å². The molecule has 4 heterocycles. The van der Waals surface area contributed by atoms with E-state index in [1.54, 1.807) is 53.3 Å². The first-order chi connectivity index (χ1) is 19.6. The Kier molecular flexibility index (Phi) is 6.32. The first kappa shape index (κ1) is 26.2. The van der Waals surface area contributed by atoms with E-state index in [0.29, 0.717) is 40.4 Å². The number of aryl methyl sites for hydroxylation is 1. The molecule has 0 bridgehead atoms. The number of piperazine rings is 1. The Bertz CT molecular complexity index is 1780. The summed E-state index contributed by atoms with van der Waals surface area (Å²) in [5.74, 6) is -0.725. The summed E-state index contributed by atoms with van der Waals surface area (Å²) in [6.45, 7) is 6.37. The van der Waals surface area contributed by atoms with Crippen LogP contribution < -0.4 is 0 Å². The van der Waals surface area contributed by atoms with Gasteiger partial charge in [0, 0.05) is 30.8 Å². The predicted molar refractivity (Wildman–Crippen MR) is 146 cm³/mol. The van der Waals surface area contributed by atoms with Crippen molar-refractivity contribution in [2.24, 2.45) is 0 Å². The number of fused-ring (bicyclic) bond motifs is 1. The molecular formula is C29H26F2N8O2. The minimum absolute atomic E-state index is 0.0924. The van der Waals surface area contributed by atoms with Crippen LogP contribution in [0.4, 0.5) is 8.78 Å². The number of carbonyl (C=O) groups excluding carboxylic acids is 2. The lowest BCUT2D eigenvalue weighted by molar-refractivity contribution is 0.0160. The third kappa shape index (κ3) is 4.92. The topological polar surface area (TPSA) is 112 Å². The lowest BCUT2D eigenvalue weighted by Crippen LogP contribution is -2.62. The van der Waals surface area contributed by atoms with Gasteiger partial charge in [0.05, 0.1) is 17.4 Å². The summed E-state index contributed by atoms with van der Waals surface area (Å²) in [4.78, 5) is 38.9. The normalized spacial score (nSPS) is 15.0. The van der Waals surface area contributed by atoms with Gasteiger partial charge < -0.3 is 9.80 Å². The lowest BCUT2D eigenvalue weighted by atomic mass is 9.98. The highest BCUT2D eigenvalue weighted by molar-refractivity contribution is 5.95. The standard InChI is InChI=1S/C29H26F2N8O2/c1-17-32-25(35-34-17)28(41)37-12-13-38(29(2,3)16-37)27(40)24-15-39-26(33-24)22(18-4-8-20(30)9-5-18)14-23(36-39)19-6-10-21(31)11-7-19/h4-11,14-15H,12-13,16H2,1-3H3,(H,32,34,35). The molecule has 2 aromatic carbocycles. The monoisotopic (exact) mass is 556 g/mol. The number of benzene rings is 2. The SMILES string of the molecule is Cc1nc(C(=O)N2CCN(C(=O)c3cn4nc(-c5ccc(F)cc5)cc(-c5ccc(F)cc5)c4n3)C(C)(C)C2)n[nH]1. The maximum absolute atomic E-state index is 13.8. The largest absolute Gasteiger partial charge is 0.332 e. The van der Waals surface area contributed by atoms with Crippen LogP contribution in [-0.4, -0.2) is 76.6 Å². The molecule has 1 fully saturated rings. The maximum Gasteiger partial charge on any atom is 0.293 e. The predicted octanol–water partition coefficient (Wildman–Crippen LogP) is 4.14. The van der Waals surface area contributed by atoms with Crippen LogP contribution in [0.2, 0.25) is 0 Å². The van der Waals surface area contributed by atoms with Crippen LogP contribution in [0.15, 0.2) is 60.8 Å². The third-order valence-electron chi connectivity index (χ3n) is 7.16. The van der Waals surface area contributed by atoms with Crippen LogP contribution in [0.1, 0.15) is 40.8 Å². The molecule has 3 aromatic heterocycles. The first-order valence-electron chi connectivity index (χ1n) is 13.0. The van der Waals surface area contributed by atoms with Crippen LogP contribution in [0.3, 0.4) is 0 Å². The fourth-order valence-corrected chi connectivity index (χ4v) is 5.11. The highest BCUT2D eigenvalue weighted by atomic mass is 19.1. The summed E-state index contributed by atoms with van der Waals surface area (Å²) in [6, 6.07) is 13.7. The average Bonchev–Trinajstić information content (AvgIpc) is 3.58. The molecule has 2 amide bonds. The van der Waals surface area contributed by atoms with Gasteiger partial charge in [0.2, 0.25) is 5.82 Å². The van der Waals surface area contributed by atoms with Crippen molar-refractivity contribution in [3.05, 3.63) is 89.8 Å². The molecule has 0 saturated carbocycles. The second-order valence-corrected chi connectivity index (χ2v) is 10.6. The van der Waals surface area contributed by atoms with Gasteiger partial charge in [0.15, 0.2) is 5.65 Å². The van der Waals surface area contributed by atoms with Crippen molar-refractivity contribution >= 4 is 17.5 Å². The second kappa shape index (κ2) is 9.88. The summed E-state index contributed by atoms with van der Waals surface area (Å²) >= 11 is 0. The van der Waals surface area contributed by atoms with Gasteiger partial charge in [-0.15, -0.1) is 5.10 Å². The Balaban J connectivity index is 1.35. The van der Waals surface area contributed by atoms with Crippen LogP contribution >= 0.6 is 0 Å². The number of hydrogen-bond acceptors (Lipinski definition) is 6. The molecule has 12 heteroatoms. The molecule has 6 rings (SSSR count). The quantitative estimate of drug-likeness (QED) is 0.356. The number of nitrogens with one attached hydrogen (secondary N) is 1. The average molecular weight is 557 g/mol. The Morgan fingerprint density at radius 3 is 2.17 bits per heavy atom. The van der Waals surface area contributed by atoms with Crippen molar-refractivity contribution in [3.8, 4) is 22.4 Å². The molecule has 0 radical (unpaired) electrons. The molecule has 208 valence electrons. The Morgan fingerprint density at radius 2 is 1.56 bits per heavy atom. The number of amides is 2. The number of aromatic amines is 1. The zero-order valence-electron chi connectivity index (χ0n) is 22.6.